The molecular weight excluding hydrogens is 428 g/mol. The molecule has 0 aliphatic heterocycles. The van der Waals surface area contributed by atoms with E-state index in [1.165, 1.54) is 14.0 Å². The average molecular weight is 454 g/mol. The largest absolute Gasteiger partial charge is 0.489 e. The molecule has 174 valence electrons. The molecule has 0 saturated carbocycles. The van der Waals surface area contributed by atoms with Gasteiger partial charge in [0.2, 0.25) is 5.78 Å². The Morgan fingerprint density at radius 3 is 2.30 bits per heavy atom. The van der Waals surface area contributed by atoms with E-state index >= 15 is 0 Å². The number of benzene rings is 1. The third kappa shape index (κ3) is 4.97. The number of Topliss-reactive ketones (excluding diaryl/α,β-unsaturated/α-hetero) is 1. The van der Waals surface area contributed by atoms with Crippen molar-refractivity contribution in [3.8, 4) is 5.75 Å². The number of rotatable bonds is 8. The number of ketones is 1. The number of carbonyl (C=O) groups is 3. The van der Waals surface area contributed by atoms with Crippen LogP contribution in [0.25, 0.3) is 0 Å². The van der Waals surface area contributed by atoms with Crippen LogP contribution in [0.1, 0.15) is 66.4 Å². The van der Waals surface area contributed by atoms with Gasteiger partial charge in [0.25, 0.3) is 0 Å². The zero-order valence-corrected chi connectivity index (χ0v) is 19.4. The lowest BCUT2D eigenvalue weighted by molar-refractivity contribution is 0.0316. The van der Waals surface area contributed by atoms with E-state index in [2.05, 4.69) is 10.1 Å². The van der Waals surface area contributed by atoms with E-state index < -0.39 is 23.8 Å². The summed E-state index contributed by atoms with van der Waals surface area (Å²) >= 11 is 0. The van der Waals surface area contributed by atoms with Crippen LogP contribution in [0.4, 0.5) is 0 Å². The smallest absolute Gasteiger partial charge is 0.339 e. The summed E-state index contributed by atoms with van der Waals surface area (Å²) in [5, 5.41) is 3.88. The normalized spacial score (nSPS) is 11.7. The van der Waals surface area contributed by atoms with Gasteiger partial charge in [0.15, 0.2) is 6.10 Å². The van der Waals surface area contributed by atoms with Gasteiger partial charge in [-0.1, -0.05) is 5.16 Å². The highest BCUT2D eigenvalue weighted by Gasteiger charge is 2.27. The summed E-state index contributed by atoms with van der Waals surface area (Å²) in [6.45, 7) is 8.73. The van der Waals surface area contributed by atoms with Crippen LogP contribution in [-0.4, -0.2) is 41.1 Å². The summed E-state index contributed by atoms with van der Waals surface area (Å²) < 4.78 is 20.9. The maximum atomic E-state index is 12.8. The molecule has 0 fully saturated rings. The SMILES string of the molecule is COC(=O)c1c(C)[nH]c(C(=O)C(C)OC(=O)c2ccc(OCc3c(C)noc3C)cc2)c1C. The van der Waals surface area contributed by atoms with E-state index in [4.69, 9.17) is 18.7 Å². The Balaban J connectivity index is 1.64. The quantitative estimate of drug-likeness (QED) is 0.400. The molecule has 2 heterocycles. The lowest BCUT2D eigenvalue weighted by atomic mass is 10.1. The van der Waals surface area contributed by atoms with Gasteiger partial charge in [-0.3, -0.25) is 4.79 Å². The van der Waals surface area contributed by atoms with E-state index in [0.29, 0.717) is 34.9 Å². The van der Waals surface area contributed by atoms with Crippen LogP contribution in [-0.2, 0) is 16.1 Å². The number of nitrogens with zero attached hydrogens (tertiary/aromatic N) is 1. The van der Waals surface area contributed by atoms with Gasteiger partial charge in [0.1, 0.15) is 18.1 Å². The third-order valence-corrected chi connectivity index (χ3v) is 5.38. The molecule has 1 unspecified atom stereocenters. The van der Waals surface area contributed by atoms with Crippen molar-refractivity contribution >= 4 is 17.7 Å². The van der Waals surface area contributed by atoms with Crippen molar-refractivity contribution in [3.05, 3.63) is 69.4 Å². The van der Waals surface area contributed by atoms with Gasteiger partial charge >= 0.3 is 11.9 Å². The number of aromatic nitrogens is 2. The first kappa shape index (κ1) is 23.8. The molecule has 9 nitrogen and oxygen atoms in total. The van der Waals surface area contributed by atoms with Crippen LogP contribution in [0.3, 0.4) is 0 Å². The van der Waals surface area contributed by atoms with E-state index in [0.717, 1.165) is 11.3 Å². The number of aryl methyl sites for hydroxylation is 3. The highest BCUT2D eigenvalue weighted by Crippen LogP contribution is 2.22. The zero-order valence-electron chi connectivity index (χ0n) is 19.4. The Hall–Kier alpha value is -3.88. The third-order valence-electron chi connectivity index (χ3n) is 5.38. The van der Waals surface area contributed by atoms with Crippen molar-refractivity contribution in [2.75, 3.05) is 7.11 Å². The monoisotopic (exact) mass is 454 g/mol. The average Bonchev–Trinajstić information content (AvgIpc) is 3.28. The van der Waals surface area contributed by atoms with Crippen molar-refractivity contribution in [2.24, 2.45) is 0 Å². The van der Waals surface area contributed by atoms with Crippen LogP contribution in [0, 0.1) is 27.7 Å². The minimum Gasteiger partial charge on any atom is -0.489 e. The Morgan fingerprint density at radius 2 is 1.73 bits per heavy atom. The summed E-state index contributed by atoms with van der Waals surface area (Å²) in [4.78, 5) is 40.2. The lowest BCUT2D eigenvalue weighted by Gasteiger charge is -2.13. The van der Waals surface area contributed by atoms with E-state index in [1.807, 2.05) is 13.8 Å². The molecule has 0 bridgehead atoms. The molecule has 33 heavy (non-hydrogen) atoms. The summed E-state index contributed by atoms with van der Waals surface area (Å²) in [7, 11) is 1.27. The molecular formula is C24H26N2O7. The number of H-pyrrole nitrogens is 1. The van der Waals surface area contributed by atoms with Gasteiger partial charge in [-0.05, 0) is 64.4 Å². The van der Waals surface area contributed by atoms with Crippen LogP contribution in [0.5, 0.6) is 5.75 Å². The molecule has 0 amide bonds. The first-order valence-electron chi connectivity index (χ1n) is 10.3. The fourth-order valence-electron chi connectivity index (χ4n) is 3.44. The van der Waals surface area contributed by atoms with E-state index in [9.17, 15) is 14.4 Å². The predicted octanol–water partition coefficient (Wildman–Crippen LogP) is 4.03. The van der Waals surface area contributed by atoms with Crippen LogP contribution in [0.15, 0.2) is 28.8 Å². The minimum absolute atomic E-state index is 0.205. The number of nitrogens with one attached hydrogen (secondary N) is 1. The Labute approximate surface area is 191 Å². The minimum atomic E-state index is -1.06. The standard InChI is InChI=1S/C24H26N2O7/c1-12-20(24(29)30-6)14(3)25-21(12)22(27)16(5)32-23(28)17-7-9-18(10-8-17)31-11-19-13(2)26-33-15(19)4/h7-10,16,25H,11H2,1-6H3. The Morgan fingerprint density at radius 1 is 1.06 bits per heavy atom. The van der Waals surface area contributed by atoms with Gasteiger partial charge in [-0.2, -0.15) is 0 Å². The van der Waals surface area contributed by atoms with Gasteiger partial charge < -0.3 is 23.7 Å². The van der Waals surface area contributed by atoms with Crippen LogP contribution >= 0.6 is 0 Å². The number of carbonyl (C=O) groups excluding carboxylic acids is 3. The maximum Gasteiger partial charge on any atom is 0.339 e. The molecule has 0 aliphatic carbocycles. The summed E-state index contributed by atoms with van der Waals surface area (Å²) in [6, 6.07) is 6.40. The zero-order chi connectivity index (χ0) is 24.3. The fraction of sp³-hybridized carbons (Fsp3) is 0.333. The van der Waals surface area contributed by atoms with Crippen LogP contribution in [0.2, 0.25) is 0 Å². The predicted molar refractivity (Wildman–Crippen MR) is 118 cm³/mol. The summed E-state index contributed by atoms with van der Waals surface area (Å²) in [5.41, 5.74) is 3.37. The Bertz CT molecular complexity index is 1170. The van der Waals surface area contributed by atoms with Crippen LogP contribution < -0.4 is 4.74 Å². The number of hydrogen-bond acceptors (Lipinski definition) is 8. The van der Waals surface area contributed by atoms with Gasteiger partial charge in [0.05, 0.1) is 35.2 Å². The topological polar surface area (TPSA) is 121 Å². The second-order valence-electron chi connectivity index (χ2n) is 7.64. The number of hydrogen-bond donors (Lipinski definition) is 1. The molecule has 1 aromatic carbocycles. The fourth-order valence-corrected chi connectivity index (χ4v) is 3.44. The molecule has 1 N–H and O–H groups in total. The highest BCUT2D eigenvalue weighted by molar-refractivity contribution is 6.04. The van der Waals surface area contributed by atoms with Crippen molar-refractivity contribution in [3.63, 3.8) is 0 Å². The second kappa shape index (κ2) is 9.72. The van der Waals surface area contributed by atoms with Gasteiger partial charge in [-0.25, -0.2) is 9.59 Å². The van der Waals surface area contributed by atoms with E-state index in [1.54, 1.807) is 38.1 Å². The first-order chi connectivity index (χ1) is 15.6. The molecule has 0 saturated heterocycles. The van der Waals surface area contributed by atoms with Crippen molar-refractivity contribution in [1.82, 2.24) is 10.1 Å². The molecule has 0 aliphatic rings. The highest BCUT2D eigenvalue weighted by atomic mass is 16.5. The molecule has 9 heteroatoms. The molecule has 2 aromatic heterocycles. The van der Waals surface area contributed by atoms with E-state index in [-0.39, 0.29) is 11.3 Å². The second-order valence-corrected chi connectivity index (χ2v) is 7.64. The summed E-state index contributed by atoms with van der Waals surface area (Å²) in [5.74, 6) is -0.386. The first-order valence-corrected chi connectivity index (χ1v) is 10.3. The molecule has 0 radical (unpaired) electrons. The number of aromatic amines is 1. The maximum absolute atomic E-state index is 12.8. The molecule has 3 aromatic rings. The molecule has 0 spiro atoms. The molecule has 1 atom stereocenters. The number of esters is 2. The van der Waals surface area contributed by atoms with Gasteiger partial charge in [-0.15, -0.1) is 0 Å². The molecule has 3 rings (SSSR count). The number of methoxy groups -OCH3 is 1. The van der Waals surface area contributed by atoms with Crippen molar-refractivity contribution in [1.29, 1.82) is 0 Å². The number of ether oxygens (including phenoxy) is 3. The van der Waals surface area contributed by atoms with Crippen molar-refractivity contribution in [2.45, 2.75) is 47.3 Å². The summed E-state index contributed by atoms with van der Waals surface area (Å²) in [6.07, 6.45) is -1.06. The Kier molecular flexibility index (Phi) is 7.01. The van der Waals surface area contributed by atoms with Crippen molar-refractivity contribution < 1.29 is 33.1 Å². The lowest BCUT2D eigenvalue weighted by Crippen LogP contribution is -2.25. The van der Waals surface area contributed by atoms with Gasteiger partial charge in [0, 0.05) is 5.69 Å².